The lowest BCUT2D eigenvalue weighted by Gasteiger charge is -2.15. The zero-order valence-corrected chi connectivity index (χ0v) is 15.6. The van der Waals surface area contributed by atoms with Gasteiger partial charge in [0, 0.05) is 9.13 Å². The van der Waals surface area contributed by atoms with E-state index in [1.165, 1.54) is 5.56 Å². The first kappa shape index (κ1) is 17.6. The Morgan fingerprint density at radius 2 is 2.00 bits per heavy atom. The smallest absolute Gasteiger partial charge is 0.411 e. The monoisotopic (exact) mass is 425 g/mol. The summed E-state index contributed by atoms with van der Waals surface area (Å²) < 4.78 is 11.8. The van der Waals surface area contributed by atoms with Crippen LogP contribution < -0.4 is 10.1 Å². The molecule has 1 amide bonds. The molecule has 0 spiro atoms. The minimum atomic E-state index is -0.454. The number of carbonyl (C=O) groups is 1. The zero-order valence-electron chi connectivity index (χ0n) is 13.5. The molecule has 2 aromatic carbocycles. The Balaban J connectivity index is 2.16. The van der Waals surface area contributed by atoms with E-state index in [4.69, 9.17) is 9.47 Å². The molecule has 23 heavy (non-hydrogen) atoms. The molecule has 0 saturated heterocycles. The molecular weight excluding hydrogens is 405 g/mol. The Hall–Kier alpha value is -1.76. The van der Waals surface area contributed by atoms with Crippen LogP contribution >= 0.6 is 22.6 Å². The van der Waals surface area contributed by atoms with Crippen LogP contribution in [0.5, 0.6) is 5.75 Å². The quantitative estimate of drug-likeness (QED) is 0.682. The van der Waals surface area contributed by atoms with Gasteiger partial charge in [0.15, 0.2) is 0 Å². The van der Waals surface area contributed by atoms with E-state index < -0.39 is 6.09 Å². The molecule has 0 bridgehead atoms. The van der Waals surface area contributed by atoms with Crippen molar-refractivity contribution in [2.45, 2.75) is 27.4 Å². The first-order valence-corrected chi connectivity index (χ1v) is 8.50. The second-order valence-corrected chi connectivity index (χ2v) is 6.34. The Morgan fingerprint density at radius 3 is 2.70 bits per heavy atom. The zero-order chi connectivity index (χ0) is 16.8. The van der Waals surface area contributed by atoms with Crippen molar-refractivity contribution in [2.24, 2.45) is 0 Å². The largest absolute Gasteiger partial charge is 0.489 e. The van der Waals surface area contributed by atoms with Crippen molar-refractivity contribution >= 4 is 34.4 Å². The van der Waals surface area contributed by atoms with Gasteiger partial charge in [-0.1, -0.05) is 29.8 Å². The lowest BCUT2D eigenvalue weighted by Crippen LogP contribution is -2.16. The van der Waals surface area contributed by atoms with E-state index >= 15 is 0 Å². The number of para-hydroxylation sites is 1. The van der Waals surface area contributed by atoms with Crippen LogP contribution in [0.3, 0.4) is 0 Å². The van der Waals surface area contributed by atoms with Crippen molar-refractivity contribution < 1.29 is 14.3 Å². The van der Waals surface area contributed by atoms with Crippen molar-refractivity contribution in [3.63, 3.8) is 0 Å². The Morgan fingerprint density at radius 1 is 1.22 bits per heavy atom. The molecule has 0 aliphatic carbocycles. The number of nitrogens with one attached hydrogen (secondary N) is 1. The van der Waals surface area contributed by atoms with Crippen molar-refractivity contribution in [1.82, 2.24) is 0 Å². The molecule has 0 unspecified atom stereocenters. The lowest BCUT2D eigenvalue weighted by atomic mass is 10.1. The average Bonchev–Trinajstić information content (AvgIpc) is 2.49. The van der Waals surface area contributed by atoms with Gasteiger partial charge in [0.1, 0.15) is 12.4 Å². The van der Waals surface area contributed by atoms with Gasteiger partial charge >= 0.3 is 6.09 Å². The number of anilines is 1. The van der Waals surface area contributed by atoms with E-state index in [1.54, 1.807) is 6.92 Å². The maximum Gasteiger partial charge on any atom is 0.411 e. The van der Waals surface area contributed by atoms with Crippen LogP contribution in [-0.4, -0.2) is 12.7 Å². The highest BCUT2D eigenvalue weighted by Gasteiger charge is 2.12. The highest BCUT2D eigenvalue weighted by atomic mass is 127. The molecular formula is C18H20INO3. The van der Waals surface area contributed by atoms with Gasteiger partial charge < -0.3 is 9.47 Å². The number of rotatable bonds is 5. The van der Waals surface area contributed by atoms with E-state index in [2.05, 4.69) is 40.9 Å². The van der Waals surface area contributed by atoms with Crippen molar-refractivity contribution in [3.8, 4) is 5.75 Å². The van der Waals surface area contributed by atoms with E-state index in [0.29, 0.717) is 13.2 Å². The topological polar surface area (TPSA) is 47.6 Å². The second-order valence-electron chi connectivity index (χ2n) is 5.18. The number of ether oxygens (including phenoxy) is 2. The van der Waals surface area contributed by atoms with Gasteiger partial charge in [0.05, 0.1) is 12.3 Å². The first-order chi connectivity index (χ1) is 11.0. The standard InChI is InChI=1S/C18H20INO3/c1-4-22-18(21)20-17-14(6-5-7-15(17)19)11-23-16-9-8-12(2)10-13(16)3/h5-10H,4,11H2,1-3H3,(H,20,21). The van der Waals surface area contributed by atoms with Gasteiger partial charge in [-0.2, -0.15) is 0 Å². The third-order valence-electron chi connectivity index (χ3n) is 3.32. The molecule has 122 valence electrons. The van der Waals surface area contributed by atoms with E-state index in [-0.39, 0.29) is 0 Å². The summed E-state index contributed by atoms with van der Waals surface area (Å²) in [6.45, 7) is 6.57. The van der Waals surface area contributed by atoms with Gasteiger partial charge in [0.2, 0.25) is 0 Å². The molecule has 0 saturated carbocycles. The molecule has 0 radical (unpaired) electrons. The van der Waals surface area contributed by atoms with Crippen LogP contribution in [0.4, 0.5) is 10.5 Å². The number of amides is 1. The number of benzene rings is 2. The molecule has 0 aromatic heterocycles. The molecule has 0 fully saturated rings. The molecule has 5 heteroatoms. The molecule has 0 aliphatic rings. The molecule has 1 N–H and O–H groups in total. The molecule has 0 atom stereocenters. The fourth-order valence-electron chi connectivity index (χ4n) is 2.22. The highest BCUT2D eigenvalue weighted by Crippen LogP contribution is 2.26. The average molecular weight is 425 g/mol. The third-order valence-corrected chi connectivity index (χ3v) is 4.21. The maximum absolute atomic E-state index is 11.7. The van der Waals surface area contributed by atoms with Gasteiger partial charge in [-0.3, -0.25) is 5.32 Å². The Labute approximate surface area is 150 Å². The van der Waals surface area contributed by atoms with Crippen LogP contribution in [0.2, 0.25) is 0 Å². The predicted molar refractivity (Wildman–Crippen MR) is 100 cm³/mol. The fourth-order valence-corrected chi connectivity index (χ4v) is 2.90. The highest BCUT2D eigenvalue weighted by molar-refractivity contribution is 14.1. The number of halogens is 1. The number of hydrogen-bond acceptors (Lipinski definition) is 3. The van der Waals surface area contributed by atoms with Gasteiger partial charge in [-0.15, -0.1) is 0 Å². The number of aryl methyl sites for hydroxylation is 2. The van der Waals surface area contributed by atoms with E-state index in [0.717, 1.165) is 26.1 Å². The summed E-state index contributed by atoms with van der Waals surface area (Å²) in [5, 5.41) is 2.79. The molecule has 0 aliphatic heterocycles. The summed E-state index contributed by atoms with van der Waals surface area (Å²) in [5.74, 6) is 0.844. The summed E-state index contributed by atoms with van der Waals surface area (Å²) in [6, 6.07) is 11.9. The molecule has 4 nitrogen and oxygen atoms in total. The summed E-state index contributed by atoms with van der Waals surface area (Å²) in [7, 11) is 0. The van der Waals surface area contributed by atoms with Gasteiger partial charge in [-0.25, -0.2) is 4.79 Å². The van der Waals surface area contributed by atoms with Crippen molar-refractivity contribution in [1.29, 1.82) is 0 Å². The molecule has 2 aromatic rings. The molecule has 2 rings (SSSR count). The summed E-state index contributed by atoms with van der Waals surface area (Å²) >= 11 is 2.19. The predicted octanol–water partition coefficient (Wildman–Crippen LogP) is 5.06. The van der Waals surface area contributed by atoms with Crippen LogP contribution in [0.15, 0.2) is 36.4 Å². The van der Waals surface area contributed by atoms with Crippen LogP contribution in [0.1, 0.15) is 23.6 Å². The second kappa shape index (κ2) is 8.19. The number of carbonyl (C=O) groups excluding carboxylic acids is 1. The fraction of sp³-hybridized carbons (Fsp3) is 0.278. The van der Waals surface area contributed by atoms with Crippen molar-refractivity contribution in [2.75, 3.05) is 11.9 Å². The summed E-state index contributed by atoms with van der Waals surface area (Å²) in [5.41, 5.74) is 3.94. The van der Waals surface area contributed by atoms with Crippen LogP contribution in [0.25, 0.3) is 0 Å². The van der Waals surface area contributed by atoms with Crippen LogP contribution in [-0.2, 0) is 11.3 Å². The minimum Gasteiger partial charge on any atom is -0.489 e. The van der Waals surface area contributed by atoms with Crippen LogP contribution in [0, 0.1) is 17.4 Å². The molecule has 0 heterocycles. The maximum atomic E-state index is 11.7. The minimum absolute atomic E-state index is 0.337. The van der Waals surface area contributed by atoms with Gasteiger partial charge in [-0.05, 0) is 61.1 Å². The Bertz CT molecular complexity index is 701. The summed E-state index contributed by atoms with van der Waals surface area (Å²) in [6.07, 6.45) is -0.454. The Kier molecular flexibility index (Phi) is 6.27. The normalized spacial score (nSPS) is 10.3. The van der Waals surface area contributed by atoms with E-state index in [1.807, 2.05) is 37.3 Å². The first-order valence-electron chi connectivity index (χ1n) is 7.42. The van der Waals surface area contributed by atoms with Crippen molar-refractivity contribution in [3.05, 3.63) is 56.7 Å². The van der Waals surface area contributed by atoms with E-state index in [9.17, 15) is 4.79 Å². The number of hydrogen-bond donors (Lipinski definition) is 1. The summed E-state index contributed by atoms with van der Waals surface area (Å²) in [4.78, 5) is 11.7. The van der Waals surface area contributed by atoms with Gasteiger partial charge in [0.25, 0.3) is 0 Å². The lowest BCUT2D eigenvalue weighted by molar-refractivity contribution is 0.168. The SMILES string of the molecule is CCOC(=O)Nc1c(I)cccc1COc1ccc(C)cc1C. The third kappa shape index (κ3) is 4.86.